The topological polar surface area (TPSA) is 104 Å². The van der Waals surface area contributed by atoms with Gasteiger partial charge < -0.3 is 15.5 Å². The Labute approximate surface area is 179 Å². The van der Waals surface area contributed by atoms with Crippen LogP contribution in [-0.4, -0.2) is 52.0 Å². The molecule has 1 atom stereocenters. The first kappa shape index (κ1) is 20.5. The summed E-state index contributed by atoms with van der Waals surface area (Å²) in [7, 11) is 0. The van der Waals surface area contributed by atoms with Crippen LogP contribution in [0.3, 0.4) is 0 Å². The Balaban J connectivity index is 1.35. The predicted octanol–water partition coefficient (Wildman–Crippen LogP) is 2.70. The Morgan fingerprint density at radius 1 is 0.967 bits per heavy atom. The SMILES string of the molecule is O=C(Nc1ccccc1)c1nnc(C(=O)N2CCCC(C(=O)NC3CCCC3)C2)s1. The maximum absolute atomic E-state index is 12.9. The van der Waals surface area contributed by atoms with Crippen molar-refractivity contribution >= 4 is 34.7 Å². The number of para-hydroxylation sites is 1. The molecule has 30 heavy (non-hydrogen) atoms. The highest BCUT2D eigenvalue weighted by atomic mass is 32.1. The van der Waals surface area contributed by atoms with Crippen LogP contribution in [0.5, 0.6) is 0 Å². The van der Waals surface area contributed by atoms with Gasteiger partial charge >= 0.3 is 0 Å². The molecule has 0 radical (unpaired) electrons. The van der Waals surface area contributed by atoms with Crippen LogP contribution in [0.15, 0.2) is 30.3 Å². The lowest BCUT2D eigenvalue weighted by atomic mass is 9.96. The molecular weight excluding hydrogens is 402 g/mol. The van der Waals surface area contributed by atoms with Gasteiger partial charge in [0.15, 0.2) is 0 Å². The van der Waals surface area contributed by atoms with Crippen molar-refractivity contribution in [1.82, 2.24) is 20.4 Å². The van der Waals surface area contributed by atoms with Crippen LogP contribution in [0, 0.1) is 5.92 Å². The molecule has 2 aliphatic rings. The second-order valence-electron chi connectivity index (χ2n) is 7.81. The van der Waals surface area contributed by atoms with E-state index in [2.05, 4.69) is 20.8 Å². The van der Waals surface area contributed by atoms with E-state index in [1.807, 2.05) is 18.2 Å². The van der Waals surface area contributed by atoms with Gasteiger partial charge in [0.25, 0.3) is 11.8 Å². The third kappa shape index (κ3) is 4.84. The van der Waals surface area contributed by atoms with Crippen molar-refractivity contribution < 1.29 is 14.4 Å². The zero-order chi connectivity index (χ0) is 20.9. The van der Waals surface area contributed by atoms with Crippen LogP contribution >= 0.6 is 11.3 Å². The van der Waals surface area contributed by atoms with E-state index in [0.29, 0.717) is 18.8 Å². The Morgan fingerprint density at radius 3 is 2.47 bits per heavy atom. The largest absolute Gasteiger partial charge is 0.353 e. The van der Waals surface area contributed by atoms with Gasteiger partial charge in [-0.25, -0.2) is 0 Å². The molecule has 4 rings (SSSR count). The summed E-state index contributed by atoms with van der Waals surface area (Å²) in [5.74, 6) is -0.827. The van der Waals surface area contributed by atoms with E-state index >= 15 is 0 Å². The first-order valence-corrected chi connectivity index (χ1v) is 11.2. The van der Waals surface area contributed by atoms with Crippen LogP contribution in [0.4, 0.5) is 5.69 Å². The molecule has 1 aromatic carbocycles. The van der Waals surface area contributed by atoms with Gasteiger partial charge in [-0.3, -0.25) is 14.4 Å². The molecule has 3 amide bonds. The van der Waals surface area contributed by atoms with Crippen molar-refractivity contribution in [1.29, 1.82) is 0 Å². The van der Waals surface area contributed by atoms with Gasteiger partial charge in [-0.15, -0.1) is 10.2 Å². The maximum Gasteiger partial charge on any atom is 0.286 e. The summed E-state index contributed by atoms with van der Waals surface area (Å²) < 4.78 is 0. The van der Waals surface area contributed by atoms with Gasteiger partial charge in [0.1, 0.15) is 0 Å². The standard InChI is InChI=1S/C21H25N5O3S/c27-17(22-15-10-4-5-11-15)14-7-6-12-26(13-14)21(29)20-25-24-19(30-20)18(28)23-16-8-2-1-3-9-16/h1-3,8-9,14-15H,4-7,10-13H2,(H,22,27)(H,23,28). The van der Waals surface area contributed by atoms with Gasteiger partial charge in [-0.1, -0.05) is 42.4 Å². The number of hydrogen-bond acceptors (Lipinski definition) is 6. The summed E-state index contributed by atoms with van der Waals surface area (Å²) in [4.78, 5) is 39.5. The Hall–Kier alpha value is -2.81. The zero-order valence-corrected chi connectivity index (χ0v) is 17.5. The number of aromatic nitrogens is 2. The second kappa shape index (κ2) is 9.34. The molecular formula is C21H25N5O3S. The molecule has 1 aromatic heterocycles. The predicted molar refractivity (Wildman–Crippen MR) is 113 cm³/mol. The zero-order valence-electron chi connectivity index (χ0n) is 16.7. The number of nitrogens with zero attached hydrogens (tertiary/aromatic N) is 3. The van der Waals surface area contributed by atoms with Gasteiger partial charge in [0.05, 0.1) is 5.92 Å². The number of likely N-dealkylation sites (tertiary alicyclic amines) is 1. The van der Waals surface area contributed by atoms with Crippen molar-refractivity contribution in [2.75, 3.05) is 18.4 Å². The van der Waals surface area contributed by atoms with Crippen molar-refractivity contribution in [3.05, 3.63) is 40.3 Å². The number of anilines is 1. The molecule has 0 spiro atoms. The third-order valence-electron chi connectivity index (χ3n) is 5.61. The molecule has 2 aromatic rings. The lowest BCUT2D eigenvalue weighted by Gasteiger charge is -2.32. The number of rotatable bonds is 5. The average Bonchev–Trinajstić information content (AvgIpc) is 3.46. The molecule has 0 bridgehead atoms. The van der Waals surface area contributed by atoms with E-state index in [1.165, 1.54) is 0 Å². The van der Waals surface area contributed by atoms with Gasteiger partial charge in [-0.05, 0) is 37.8 Å². The molecule has 1 unspecified atom stereocenters. The van der Waals surface area contributed by atoms with E-state index in [-0.39, 0.29) is 33.8 Å². The molecule has 1 saturated carbocycles. The van der Waals surface area contributed by atoms with Crippen molar-refractivity contribution in [3.63, 3.8) is 0 Å². The van der Waals surface area contributed by atoms with Crippen molar-refractivity contribution in [3.8, 4) is 0 Å². The highest BCUT2D eigenvalue weighted by Gasteiger charge is 2.32. The van der Waals surface area contributed by atoms with Crippen LogP contribution in [0.2, 0.25) is 0 Å². The number of hydrogen-bond donors (Lipinski definition) is 2. The van der Waals surface area contributed by atoms with E-state index in [1.54, 1.807) is 17.0 Å². The first-order valence-electron chi connectivity index (χ1n) is 10.4. The molecule has 9 heteroatoms. The molecule has 1 aliphatic carbocycles. The third-order valence-corrected chi connectivity index (χ3v) is 6.52. The number of amides is 3. The fraction of sp³-hybridized carbons (Fsp3) is 0.476. The molecule has 2 fully saturated rings. The van der Waals surface area contributed by atoms with Crippen molar-refractivity contribution in [2.45, 2.75) is 44.6 Å². The summed E-state index contributed by atoms with van der Waals surface area (Å²) in [6.45, 7) is 0.958. The molecule has 158 valence electrons. The van der Waals surface area contributed by atoms with Crippen LogP contribution in [0.25, 0.3) is 0 Å². The Morgan fingerprint density at radius 2 is 1.70 bits per heavy atom. The highest BCUT2D eigenvalue weighted by Crippen LogP contribution is 2.23. The number of piperidine rings is 1. The number of benzene rings is 1. The summed E-state index contributed by atoms with van der Waals surface area (Å²) in [5.41, 5.74) is 0.651. The molecule has 2 heterocycles. The van der Waals surface area contributed by atoms with Gasteiger partial charge in [0.2, 0.25) is 15.9 Å². The smallest absolute Gasteiger partial charge is 0.286 e. The second-order valence-corrected chi connectivity index (χ2v) is 8.79. The molecule has 8 nitrogen and oxygen atoms in total. The highest BCUT2D eigenvalue weighted by molar-refractivity contribution is 7.15. The van der Waals surface area contributed by atoms with E-state index in [9.17, 15) is 14.4 Å². The molecule has 2 N–H and O–H groups in total. The van der Waals surface area contributed by atoms with Crippen molar-refractivity contribution in [2.24, 2.45) is 5.92 Å². The van der Waals surface area contributed by atoms with E-state index in [0.717, 1.165) is 49.9 Å². The number of carbonyl (C=O) groups is 3. The Bertz CT molecular complexity index is 910. The average molecular weight is 428 g/mol. The maximum atomic E-state index is 12.9. The number of nitrogens with one attached hydrogen (secondary N) is 2. The minimum atomic E-state index is -0.398. The van der Waals surface area contributed by atoms with E-state index in [4.69, 9.17) is 0 Å². The molecule has 1 aliphatic heterocycles. The summed E-state index contributed by atoms with van der Waals surface area (Å²) in [5, 5.41) is 14.0. The fourth-order valence-corrected chi connectivity index (χ4v) is 4.71. The quantitative estimate of drug-likeness (QED) is 0.763. The first-order chi connectivity index (χ1) is 14.6. The summed E-state index contributed by atoms with van der Waals surface area (Å²) >= 11 is 0.972. The molecule has 1 saturated heterocycles. The van der Waals surface area contributed by atoms with Crippen LogP contribution in [-0.2, 0) is 4.79 Å². The van der Waals surface area contributed by atoms with Crippen LogP contribution in [0.1, 0.15) is 58.1 Å². The lowest BCUT2D eigenvalue weighted by molar-refractivity contribution is -0.127. The normalized spacial score (nSPS) is 19.5. The summed E-state index contributed by atoms with van der Waals surface area (Å²) in [6.07, 6.45) is 5.96. The monoisotopic (exact) mass is 427 g/mol. The Kier molecular flexibility index (Phi) is 6.37. The summed E-state index contributed by atoms with van der Waals surface area (Å²) in [6, 6.07) is 9.32. The van der Waals surface area contributed by atoms with E-state index < -0.39 is 5.91 Å². The van der Waals surface area contributed by atoms with Crippen LogP contribution < -0.4 is 10.6 Å². The minimum absolute atomic E-state index is 0.0413. The lowest BCUT2D eigenvalue weighted by Crippen LogP contribution is -2.47. The minimum Gasteiger partial charge on any atom is -0.353 e. The van der Waals surface area contributed by atoms with Gasteiger partial charge in [-0.2, -0.15) is 0 Å². The number of carbonyl (C=O) groups excluding carboxylic acids is 3. The van der Waals surface area contributed by atoms with Gasteiger partial charge in [0, 0.05) is 24.8 Å². The fourth-order valence-electron chi connectivity index (χ4n) is 4.01.